The molecule has 1 aliphatic rings. The Hall–Kier alpha value is -1.32. The predicted octanol–water partition coefficient (Wildman–Crippen LogP) is 3.25. The van der Waals surface area contributed by atoms with Crippen LogP contribution in [0.5, 0.6) is 0 Å². The first-order valence-electron chi connectivity index (χ1n) is 7.54. The van der Waals surface area contributed by atoms with Gasteiger partial charge < -0.3 is 11.1 Å². The first-order valence-corrected chi connectivity index (χ1v) is 7.54. The van der Waals surface area contributed by atoms with Gasteiger partial charge in [0.25, 0.3) is 0 Å². The number of hydrogen-bond donors (Lipinski definition) is 2. The monoisotopic (exact) mass is 262 g/mol. The number of nitrogens with zero attached hydrogens (tertiary/aromatic N) is 2. The number of aromatic nitrogens is 2. The van der Waals surface area contributed by atoms with Crippen molar-refractivity contribution >= 4 is 11.6 Å². The van der Waals surface area contributed by atoms with Gasteiger partial charge in [-0.2, -0.15) is 0 Å². The average molecular weight is 262 g/mol. The molecule has 0 spiro atoms. The van der Waals surface area contributed by atoms with Crippen molar-refractivity contribution in [1.82, 2.24) is 9.97 Å². The van der Waals surface area contributed by atoms with Gasteiger partial charge in [0, 0.05) is 19.0 Å². The van der Waals surface area contributed by atoms with Gasteiger partial charge in [0.15, 0.2) is 0 Å². The van der Waals surface area contributed by atoms with Gasteiger partial charge in [0.05, 0.1) is 0 Å². The van der Waals surface area contributed by atoms with E-state index >= 15 is 0 Å². The minimum absolute atomic E-state index is 0.568. The van der Waals surface area contributed by atoms with Crippen LogP contribution in [0.1, 0.15) is 51.8 Å². The minimum Gasteiger partial charge on any atom is -0.384 e. The molecule has 2 atom stereocenters. The summed E-state index contributed by atoms with van der Waals surface area (Å²) in [5.41, 5.74) is 5.83. The number of rotatable bonds is 5. The molecule has 1 heterocycles. The van der Waals surface area contributed by atoms with Crippen LogP contribution in [0.15, 0.2) is 6.07 Å². The largest absolute Gasteiger partial charge is 0.384 e. The quantitative estimate of drug-likeness (QED) is 0.855. The molecule has 0 saturated heterocycles. The Morgan fingerprint density at radius 2 is 2.21 bits per heavy atom. The highest BCUT2D eigenvalue weighted by Gasteiger charge is 2.18. The average Bonchev–Trinajstić information content (AvgIpc) is 2.36. The van der Waals surface area contributed by atoms with Crippen molar-refractivity contribution in [3.63, 3.8) is 0 Å². The molecule has 0 amide bonds. The van der Waals surface area contributed by atoms with E-state index < -0.39 is 0 Å². The summed E-state index contributed by atoms with van der Waals surface area (Å²) in [7, 11) is 0. The number of aryl methyl sites for hydroxylation is 1. The maximum absolute atomic E-state index is 5.83. The third kappa shape index (κ3) is 4.37. The zero-order valence-corrected chi connectivity index (χ0v) is 12.2. The molecular formula is C15H26N4. The van der Waals surface area contributed by atoms with Crippen LogP contribution in [-0.4, -0.2) is 16.5 Å². The van der Waals surface area contributed by atoms with Crippen LogP contribution in [0, 0.1) is 11.8 Å². The molecule has 106 valence electrons. The summed E-state index contributed by atoms with van der Waals surface area (Å²) in [6.07, 6.45) is 7.34. The van der Waals surface area contributed by atoms with E-state index in [0.29, 0.717) is 5.82 Å². The lowest BCUT2D eigenvalue weighted by atomic mass is 9.82. The van der Waals surface area contributed by atoms with Crippen LogP contribution in [0.25, 0.3) is 0 Å². The van der Waals surface area contributed by atoms with E-state index in [0.717, 1.165) is 42.9 Å². The summed E-state index contributed by atoms with van der Waals surface area (Å²) in [4.78, 5) is 8.78. The van der Waals surface area contributed by atoms with E-state index in [9.17, 15) is 0 Å². The van der Waals surface area contributed by atoms with Gasteiger partial charge in [-0.3, -0.25) is 0 Å². The molecule has 19 heavy (non-hydrogen) atoms. The molecule has 1 fully saturated rings. The second-order valence-electron chi connectivity index (χ2n) is 5.86. The van der Waals surface area contributed by atoms with Crippen LogP contribution in [-0.2, 0) is 6.42 Å². The molecule has 1 aliphatic carbocycles. The highest BCUT2D eigenvalue weighted by molar-refractivity contribution is 5.44. The molecule has 0 aromatic carbocycles. The van der Waals surface area contributed by atoms with E-state index in [1.54, 1.807) is 0 Å². The second kappa shape index (κ2) is 6.73. The van der Waals surface area contributed by atoms with E-state index in [2.05, 4.69) is 29.1 Å². The van der Waals surface area contributed by atoms with Gasteiger partial charge in [-0.25, -0.2) is 9.97 Å². The van der Waals surface area contributed by atoms with Crippen LogP contribution < -0.4 is 11.1 Å². The van der Waals surface area contributed by atoms with E-state index in [-0.39, 0.29) is 0 Å². The molecule has 0 bridgehead atoms. The lowest BCUT2D eigenvalue weighted by Crippen LogP contribution is -2.21. The van der Waals surface area contributed by atoms with Gasteiger partial charge in [-0.05, 0) is 31.1 Å². The topological polar surface area (TPSA) is 63.8 Å². The van der Waals surface area contributed by atoms with Crippen molar-refractivity contribution in [2.75, 3.05) is 17.6 Å². The molecule has 1 aromatic rings. The third-order valence-electron chi connectivity index (χ3n) is 3.88. The zero-order chi connectivity index (χ0) is 13.7. The van der Waals surface area contributed by atoms with Gasteiger partial charge >= 0.3 is 0 Å². The summed E-state index contributed by atoms with van der Waals surface area (Å²) in [6, 6.07) is 1.84. The van der Waals surface area contributed by atoms with Crippen LogP contribution >= 0.6 is 0 Å². The Balaban J connectivity index is 1.91. The number of nitrogen functional groups attached to an aromatic ring is 1. The smallest absolute Gasteiger partial charge is 0.133 e. The summed E-state index contributed by atoms with van der Waals surface area (Å²) >= 11 is 0. The standard InChI is InChI=1S/C15H26N4/c1-3-5-14-18-13(16)9-15(19-14)17-10-12-7-4-6-11(2)8-12/h9,11-12H,3-8,10H2,1-2H3,(H3,16,17,18,19). The molecule has 1 aromatic heterocycles. The molecule has 4 nitrogen and oxygen atoms in total. The fourth-order valence-corrected chi connectivity index (χ4v) is 2.94. The van der Waals surface area contributed by atoms with Gasteiger partial charge in [-0.15, -0.1) is 0 Å². The van der Waals surface area contributed by atoms with Crippen molar-refractivity contribution in [2.24, 2.45) is 11.8 Å². The fraction of sp³-hybridized carbons (Fsp3) is 0.733. The highest BCUT2D eigenvalue weighted by atomic mass is 15.0. The van der Waals surface area contributed by atoms with Crippen LogP contribution in [0.2, 0.25) is 0 Å². The summed E-state index contributed by atoms with van der Waals surface area (Å²) in [6.45, 7) is 5.49. The number of nitrogens with two attached hydrogens (primary N) is 1. The van der Waals surface area contributed by atoms with Gasteiger partial charge in [0.2, 0.25) is 0 Å². The summed E-state index contributed by atoms with van der Waals surface area (Å²) in [5.74, 6) is 3.94. The lowest BCUT2D eigenvalue weighted by molar-refractivity contribution is 0.293. The fourth-order valence-electron chi connectivity index (χ4n) is 2.94. The van der Waals surface area contributed by atoms with Crippen molar-refractivity contribution in [1.29, 1.82) is 0 Å². The second-order valence-corrected chi connectivity index (χ2v) is 5.86. The molecule has 0 aliphatic heterocycles. The molecule has 2 rings (SSSR count). The normalized spacial score (nSPS) is 23.3. The van der Waals surface area contributed by atoms with Gasteiger partial charge in [-0.1, -0.05) is 26.7 Å². The Morgan fingerprint density at radius 3 is 2.95 bits per heavy atom. The number of hydrogen-bond acceptors (Lipinski definition) is 4. The van der Waals surface area contributed by atoms with Gasteiger partial charge in [0.1, 0.15) is 17.5 Å². The first kappa shape index (κ1) is 14.1. The molecule has 1 saturated carbocycles. The lowest BCUT2D eigenvalue weighted by Gasteiger charge is -2.27. The number of anilines is 2. The molecule has 4 heteroatoms. The van der Waals surface area contributed by atoms with E-state index in [1.807, 2.05) is 6.07 Å². The Bertz CT molecular complexity index is 405. The molecular weight excluding hydrogens is 236 g/mol. The Kier molecular flexibility index (Phi) is 5.00. The van der Waals surface area contributed by atoms with Crippen LogP contribution in [0.4, 0.5) is 11.6 Å². The van der Waals surface area contributed by atoms with Crippen molar-refractivity contribution < 1.29 is 0 Å². The maximum Gasteiger partial charge on any atom is 0.133 e. The Labute approximate surface area is 116 Å². The van der Waals surface area contributed by atoms with Crippen LogP contribution in [0.3, 0.4) is 0 Å². The summed E-state index contributed by atoms with van der Waals surface area (Å²) < 4.78 is 0. The highest BCUT2D eigenvalue weighted by Crippen LogP contribution is 2.28. The molecule has 2 unspecified atom stereocenters. The van der Waals surface area contributed by atoms with E-state index in [1.165, 1.54) is 25.7 Å². The third-order valence-corrected chi connectivity index (χ3v) is 3.88. The Morgan fingerprint density at radius 1 is 1.37 bits per heavy atom. The van der Waals surface area contributed by atoms with Crippen molar-refractivity contribution in [3.05, 3.63) is 11.9 Å². The van der Waals surface area contributed by atoms with E-state index in [4.69, 9.17) is 5.73 Å². The minimum atomic E-state index is 0.568. The molecule has 3 N–H and O–H groups in total. The SMILES string of the molecule is CCCc1nc(N)cc(NCC2CCCC(C)C2)n1. The predicted molar refractivity (Wildman–Crippen MR) is 80.1 cm³/mol. The molecule has 0 radical (unpaired) electrons. The number of nitrogens with one attached hydrogen (secondary N) is 1. The zero-order valence-electron chi connectivity index (χ0n) is 12.2. The summed E-state index contributed by atoms with van der Waals surface area (Å²) in [5, 5.41) is 3.44. The van der Waals surface area contributed by atoms with Crippen molar-refractivity contribution in [2.45, 2.75) is 52.4 Å². The van der Waals surface area contributed by atoms with Crippen molar-refractivity contribution in [3.8, 4) is 0 Å². The maximum atomic E-state index is 5.83. The first-order chi connectivity index (χ1) is 9.17.